The van der Waals surface area contributed by atoms with E-state index in [1.807, 2.05) is 122 Å². The van der Waals surface area contributed by atoms with Gasteiger partial charge in [-0.3, -0.25) is 9.59 Å². The topological polar surface area (TPSA) is 87.2 Å². The molecule has 0 aliphatic carbocycles. The van der Waals surface area contributed by atoms with Gasteiger partial charge >= 0.3 is 11.9 Å². The second-order valence-corrected chi connectivity index (χ2v) is 11.4. The maximum Gasteiger partial charge on any atom is 0.330 e. The third-order valence-electron chi connectivity index (χ3n) is 7.51. The van der Waals surface area contributed by atoms with Gasteiger partial charge in [-0.15, -0.1) is 11.6 Å². The zero-order valence-electron chi connectivity index (χ0n) is 26.2. The fraction of sp³-hybridized carbons (Fsp3) is 0.222. The number of ether oxygens (including phenoxy) is 2. The maximum atomic E-state index is 12.0. The lowest BCUT2D eigenvalue weighted by Gasteiger charge is -2.10. The molecule has 0 saturated heterocycles. The number of aromatic nitrogens is 4. The molecule has 0 amide bonds. The normalized spacial score (nSPS) is 11.6. The molecule has 230 valence electrons. The highest BCUT2D eigenvalue weighted by molar-refractivity contribution is 6.30. The van der Waals surface area contributed by atoms with E-state index < -0.39 is 11.3 Å². The fourth-order valence-corrected chi connectivity index (χ4v) is 5.37. The number of esters is 2. The monoisotopic (exact) mass is 622 g/mol. The first kappa shape index (κ1) is 31.5. The Bertz CT molecular complexity index is 1990. The molecule has 9 heteroatoms. The van der Waals surface area contributed by atoms with Gasteiger partial charge in [0.05, 0.1) is 43.4 Å². The average Bonchev–Trinajstić information content (AvgIpc) is 3.59. The number of fused-ring (bicyclic) bond motifs is 2. The minimum absolute atomic E-state index is 0.199. The smallest absolute Gasteiger partial charge is 0.330 e. The lowest BCUT2D eigenvalue weighted by molar-refractivity contribution is -0.141. The molecule has 0 fully saturated rings. The summed E-state index contributed by atoms with van der Waals surface area (Å²) >= 11 is 6.38. The van der Waals surface area contributed by atoms with E-state index in [9.17, 15) is 9.59 Å². The minimum Gasteiger partial charge on any atom is -0.469 e. The molecule has 6 aromatic rings. The maximum absolute atomic E-state index is 12.0. The molecule has 0 aliphatic rings. The van der Waals surface area contributed by atoms with E-state index in [0.717, 1.165) is 50.5 Å². The standard InChI is InChI=1S/C18H17ClN2O2.C18H18N2O2/c1-11-4-7-13(8-5-11)16-17(15(19)18(22)23-3)21-10-12(2)6-9-14(21)20-16;1-12-4-7-14(8-5-12)18-15(10-17(21)22-3)20-11-13(2)6-9-16(20)19-18/h4-10,15H,1-3H3;4-9,11H,10H2,1-3H3. The minimum atomic E-state index is -0.923. The Morgan fingerprint density at radius 3 is 1.67 bits per heavy atom. The highest BCUT2D eigenvalue weighted by Crippen LogP contribution is 2.33. The Labute approximate surface area is 267 Å². The van der Waals surface area contributed by atoms with Crippen molar-refractivity contribution in [1.82, 2.24) is 18.8 Å². The Morgan fingerprint density at radius 1 is 0.667 bits per heavy atom. The van der Waals surface area contributed by atoms with E-state index in [1.165, 1.54) is 19.8 Å². The van der Waals surface area contributed by atoms with E-state index in [-0.39, 0.29) is 12.4 Å². The molecule has 0 N–H and O–H groups in total. The van der Waals surface area contributed by atoms with Gasteiger partial charge < -0.3 is 18.3 Å². The van der Waals surface area contributed by atoms with Gasteiger partial charge in [-0.2, -0.15) is 0 Å². The van der Waals surface area contributed by atoms with Gasteiger partial charge in [0.25, 0.3) is 0 Å². The van der Waals surface area contributed by atoms with Crippen molar-refractivity contribution < 1.29 is 19.1 Å². The summed E-state index contributed by atoms with van der Waals surface area (Å²) in [5, 5.41) is -0.923. The molecule has 4 heterocycles. The molecule has 8 nitrogen and oxygen atoms in total. The molecule has 0 saturated carbocycles. The van der Waals surface area contributed by atoms with Crippen LogP contribution >= 0.6 is 11.6 Å². The number of imidazole rings is 2. The van der Waals surface area contributed by atoms with Gasteiger partial charge in [0.2, 0.25) is 0 Å². The van der Waals surface area contributed by atoms with Gasteiger partial charge in [-0.05, 0) is 51.0 Å². The highest BCUT2D eigenvalue weighted by atomic mass is 35.5. The number of pyridine rings is 2. The van der Waals surface area contributed by atoms with Crippen molar-refractivity contribution in [2.75, 3.05) is 14.2 Å². The van der Waals surface area contributed by atoms with Crippen molar-refractivity contribution in [1.29, 1.82) is 0 Å². The Kier molecular flexibility index (Phi) is 9.34. The molecule has 0 radical (unpaired) electrons. The summed E-state index contributed by atoms with van der Waals surface area (Å²) in [6.07, 6.45) is 4.12. The van der Waals surface area contributed by atoms with Crippen molar-refractivity contribution in [2.45, 2.75) is 39.5 Å². The van der Waals surface area contributed by atoms with E-state index in [2.05, 4.69) is 4.98 Å². The summed E-state index contributed by atoms with van der Waals surface area (Å²) in [5.41, 5.74) is 11.0. The number of alkyl halides is 1. The van der Waals surface area contributed by atoms with Crippen LogP contribution in [-0.2, 0) is 25.5 Å². The first-order valence-corrected chi connectivity index (χ1v) is 14.9. The third kappa shape index (κ3) is 6.76. The molecule has 1 unspecified atom stereocenters. The number of carbonyl (C=O) groups is 2. The molecule has 45 heavy (non-hydrogen) atoms. The van der Waals surface area contributed by atoms with Crippen molar-refractivity contribution in [3.05, 3.63) is 119 Å². The van der Waals surface area contributed by atoms with Crippen LogP contribution in [0.2, 0.25) is 0 Å². The second kappa shape index (κ2) is 13.4. The first-order chi connectivity index (χ1) is 21.6. The molecule has 2 aromatic carbocycles. The number of methoxy groups -OCH3 is 2. The van der Waals surface area contributed by atoms with Gasteiger partial charge in [0.15, 0.2) is 5.38 Å². The number of rotatable bonds is 6. The van der Waals surface area contributed by atoms with E-state index in [0.29, 0.717) is 11.4 Å². The van der Waals surface area contributed by atoms with E-state index in [1.54, 1.807) is 0 Å². The summed E-state index contributed by atoms with van der Waals surface area (Å²) in [4.78, 5) is 33.1. The Morgan fingerprint density at radius 2 is 1.13 bits per heavy atom. The Hall–Kier alpha value is -4.95. The van der Waals surface area contributed by atoms with Crippen molar-refractivity contribution in [3.8, 4) is 22.5 Å². The van der Waals surface area contributed by atoms with Crippen LogP contribution in [0.15, 0.2) is 85.2 Å². The molecule has 0 spiro atoms. The second-order valence-electron chi connectivity index (χ2n) is 11.0. The summed E-state index contributed by atoms with van der Waals surface area (Å²) < 4.78 is 13.5. The van der Waals surface area contributed by atoms with Gasteiger partial charge in [-0.25, -0.2) is 9.97 Å². The Balaban J connectivity index is 0.000000178. The number of halogens is 1. The predicted octanol–water partition coefficient (Wildman–Crippen LogP) is 7.40. The van der Waals surface area contributed by atoms with Gasteiger partial charge in [0.1, 0.15) is 11.3 Å². The van der Waals surface area contributed by atoms with Gasteiger partial charge in [-0.1, -0.05) is 71.8 Å². The zero-order valence-corrected chi connectivity index (χ0v) is 26.9. The summed E-state index contributed by atoms with van der Waals surface area (Å²) in [6.45, 7) is 8.08. The number of hydrogen-bond acceptors (Lipinski definition) is 6. The molecule has 6 rings (SSSR count). The molecule has 0 bridgehead atoms. The SMILES string of the molecule is COC(=O)C(Cl)c1c(-c2ccc(C)cc2)nc2ccc(C)cn12.COC(=O)Cc1c(-c2ccc(C)cc2)nc2ccc(C)cn12. The summed E-state index contributed by atoms with van der Waals surface area (Å²) in [5.74, 6) is -0.764. The summed E-state index contributed by atoms with van der Waals surface area (Å²) in [6, 6.07) is 24.0. The summed E-state index contributed by atoms with van der Waals surface area (Å²) in [7, 11) is 2.74. The lowest BCUT2D eigenvalue weighted by atomic mass is 10.1. The van der Waals surface area contributed by atoms with Crippen LogP contribution in [-0.4, -0.2) is 44.9 Å². The molecular formula is C36H35ClN4O4. The largest absolute Gasteiger partial charge is 0.469 e. The number of carbonyl (C=O) groups excluding carboxylic acids is 2. The predicted molar refractivity (Wildman–Crippen MR) is 177 cm³/mol. The number of benzene rings is 2. The quantitative estimate of drug-likeness (QED) is 0.142. The number of nitrogens with zero attached hydrogens (tertiary/aromatic N) is 4. The van der Waals surface area contributed by atoms with E-state index in [4.69, 9.17) is 26.1 Å². The molecule has 0 aliphatic heterocycles. The van der Waals surface area contributed by atoms with Crippen LogP contribution in [0.5, 0.6) is 0 Å². The number of hydrogen-bond donors (Lipinski definition) is 0. The van der Waals surface area contributed by atoms with E-state index >= 15 is 0 Å². The van der Waals surface area contributed by atoms with Crippen molar-refractivity contribution in [3.63, 3.8) is 0 Å². The van der Waals surface area contributed by atoms with Crippen molar-refractivity contribution >= 4 is 34.8 Å². The zero-order chi connectivity index (χ0) is 32.2. The van der Waals surface area contributed by atoms with Gasteiger partial charge in [0, 0.05) is 23.5 Å². The lowest BCUT2D eigenvalue weighted by Crippen LogP contribution is -2.12. The van der Waals surface area contributed by atoms with Crippen LogP contribution in [0, 0.1) is 27.7 Å². The molecular weight excluding hydrogens is 588 g/mol. The molecule has 1 atom stereocenters. The highest BCUT2D eigenvalue weighted by Gasteiger charge is 2.27. The van der Waals surface area contributed by atoms with Crippen LogP contribution in [0.1, 0.15) is 39.0 Å². The van der Waals surface area contributed by atoms with Crippen molar-refractivity contribution in [2.24, 2.45) is 0 Å². The van der Waals surface area contributed by atoms with Crippen LogP contribution in [0.25, 0.3) is 33.8 Å². The van der Waals surface area contributed by atoms with Crippen LogP contribution in [0.3, 0.4) is 0 Å². The molecule has 4 aromatic heterocycles. The number of aryl methyl sites for hydroxylation is 4. The fourth-order valence-electron chi connectivity index (χ4n) is 5.07. The van der Waals surface area contributed by atoms with Crippen LogP contribution in [0.4, 0.5) is 0 Å². The third-order valence-corrected chi connectivity index (χ3v) is 7.89. The first-order valence-electron chi connectivity index (χ1n) is 14.5. The van der Waals surface area contributed by atoms with Crippen LogP contribution < -0.4 is 0 Å². The average molecular weight is 623 g/mol.